The molecule has 2 nitrogen and oxygen atoms in total. The van der Waals surface area contributed by atoms with Gasteiger partial charge in [0, 0.05) is 26.3 Å². The molecule has 96 valence electrons. The van der Waals surface area contributed by atoms with Gasteiger partial charge in [0.2, 0.25) is 0 Å². The summed E-state index contributed by atoms with van der Waals surface area (Å²) in [6.07, 6.45) is 3.06. The molecule has 1 heterocycles. The predicted octanol–water partition coefficient (Wildman–Crippen LogP) is 4.29. The highest BCUT2D eigenvalue weighted by Crippen LogP contribution is 2.40. The fraction of sp³-hybridized carbons (Fsp3) is 0.286. The number of hydrogen-bond acceptors (Lipinski definition) is 4. The van der Waals surface area contributed by atoms with Crippen molar-refractivity contribution in [2.45, 2.75) is 18.2 Å². The Morgan fingerprint density at radius 3 is 2.67 bits per heavy atom. The molecule has 0 radical (unpaired) electrons. The molecule has 0 atom stereocenters. The van der Waals surface area contributed by atoms with E-state index in [0.717, 1.165) is 29.0 Å². The maximum Gasteiger partial charge on any atom is 0.119 e. The van der Waals surface area contributed by atoms with Crippen LogP contribution < -0.4 is 10.5 Å². The number of nitrogens with two attached hydrogens (primary N) is 1. The quantitative estimate of drug-likeness (QED) is 0.848. The molecule has 0 unspecified atom stereocenters. The molecule has 18 heavy (non-hydrogen) atoms. The molecule has 2 N–H and O–H groups in total. The number of thioether (sulfide) groups is 1. The summed E-state index contributed by atoms with van der Waals surface area (Å²) in [7, 11) is 1.69. The van der Waals surface area contributed by atoms with E-state index >= 15 is 0 Å². The number of thiophene rings is 1. The number of methoxy groups -OCH3 is 1. The number of rotatable bonds is 4. The second-order valence-corrected chi connectivity index (χ2v) is 5.72. The lowest BCUT2D eigenvalue weighted by Crippen LogP contribution is -1.92. The van der Waals surface area contributed by atoms with Crippen LogP contribution in [0.25, 0.3) is 11.1 Å². The van der Waals surface area contributed by atoms with E-state index in [4.69, 9.17) is 10.5 Å². The lowest BCUT2D eigenvalue weighted by molar-refractivity contribution is 0.414. The van der Waals surface area contributed by atoms with Crippen LogP contribution in [-0.4, -0.2) is 13.4 Å². The van der Waals surface area contributed by atoms with Crippen molar-refractivity contribution in [2.24, 2.45) is 0 Å². The zero-order valence-electron chi connectivity index (χ0n) is 10.8. The first kappa shape index (κ1) is 13.3. The average molecular weight is 279 g/mol. The van der Waals surface area contributed by atoms with Gasteiger partial charge in [-0.2, -0.15) is 0 Å². The molecule has 0 bridgehead atoms. The minimum Gasteiger partial charge on any atom is -0.497 e. The summed E-state index contributed by atoms with van der Waals surface area (Å²) in [6.45, 7) is 2.13. The summed E-state index contributed by atoms with van der Waals surface area (Å²) in [4.78, 5) is 2.47. The largest absolute Gasteiger partial charge is 0.497 e. The van der Waals surface area contributed by atoms with E-state index in [9.17, 15) is 0 Å². The first-order valence-electron chi connectivity index (χ1n) is 5.79. The molecule has 2 aromatic rings. The first-order valence-corrected chi connectivity index (χ1v) is 7.90. The summed E-state index contributed by atoms with van der Waals surface area (Å²) in [5.74, 6) is 0.867. The number of benzene rings is 1. The Morgan fingerprint density at radius 1 is 1.33 bits per heavy atom. The molecule has 0 aliphatic heterocycles. The van der Waals surface area contributed by atoms with E-state index < -0.39 is 0 Å². The molecule has 0 spiro atoms. The fourth-order valence-electron chi connectivity index (χ4n) is 1.91. The van der Waals surface area contributed by atoms with Gasteiger partial charge in [0.05, 0.1) is 12.8 Å². The Bertz CT molecular complexity index is 549. The molecule has 0 saturated heterocycles. The Balaban J connectivity index is 2.57. The zero-order valence-corrected chi connectivity index (χ0v) is 12.5. The summed E-state index contributed by atoms with van der Waals surface area (Å²) in [6, 6.07) is 6.13. The molecule has 2 rings (SSSR count). The van der Waals surface area contributed by atoms with Gasteiger partial charge in [-0.1, -0.05) is 6.92 Å². The molecule has 0 aliphatic carbocycles. The highest BCUT2D eigenvalue weighted by Gasteiger charge is 2.13. The molecule has 1 aromatic heterocycles. The van der Waals surface area contributed by atoms with Crippen LogP contribution in [-0.2, 0) is 6.42 Å². The number of anilines is 1. The van der Waals surface area contributed by atoms with E-state index in [-0.39, 0.29) is 0 Å². The van der Waals surface area contributed by atoms with Crippen molar-refractivity contribution in [3.05, 3.63) is 28.5 Å². The maximum absolute atomic E-state index is 6.22. The Morgan fingerprint density at radius 2 is 2.11 bits per heavy atom. The number of ether oxygens (including phenoxy) is 1. The summed E-state index contributed by atoms with van der Waals surface area (Å²) < 4.78 is 5.30. The van der Waals surface area contributed by atoms with E-state index in [1.807, 2.05) is 6.07 Å². The molecular formula is C14H17NOS2. The van der Waals surface area contributed by atoms with E-state index in [0.29, 0.717) is 0 Å². The molecule has 0 fully saturated rings. The topological polar surface area (TPSA) is 35.2 Å². The molecule has 1 aromatic carbocycles. The van der Waals surface area contributed by atoms with Gasteiger partial charge in [-0.05, 0) is 30.9 Å². The Labute approximate surface area is 116 Å². The van der Waals surface area contributed by atoms with Gasteiger partial charge in [-0.3, -0.25) is 0 Å². The molecule has 0 saturated carbocycles. The van der Waals surface area contributed by atoms with Crippen molar-refractivity contribution in [3.8, 4) is 16.9 Å². The van der Waals surface area contributed by atoms with Crippen LogP contribution in [0.15, 0.2) is 28.5 Å². The van der Waals surface area contributed by atoms with Gasteiger partial charge in [-0.25, -0.2) is 0 Å². The van der Waals surface area contributed by atoms with Gasteiger partial charge in [0.1, 0.15) is 5.75 Å². The van der Waals surface area contributed by atoms with Crippen LogP contribution in [0.1, 0.15) is 11.8 Å². The van der Waals surface area contributed by atoms with Crippen molar-refractivity contribution < 1.29 is 4.74 Å². The highest BCUT2D eigenvalue weighted by atomic mass is 32.2. The predicted molar refractivity (Wildman–Crippen MR) is 81.9 cm³/mol. The number of aryl methyl sites for hydroxylation is 1. The Kier molecular flexibility index (Phi) is 4.19. The smallest absolute Gasteiger partial charge is 0.119 e. The van der Waals surface area contributed by atoms with Crippen LogP contribution in [0, 0.1) is 0 Å². The van der Waals surface area contributed by atoms with Crippen molar-refractivity contribution in [1.82, 2.24) is 0 Å². The van der Waals surface area contributed by atoms with Crippen LogP contribution in [0.4, 0.5) is 5.69 Å². The van der Waals surface area contributed by atoms with Crippen molar-refractivity contribution in [3.63, 3.8) is 0 Å². The van der Waals surface area contributed by atoms with Crippen LogP contribution in [0.3, 0.4) is 0 Å². The normalized spacial score (nSPS) is 10.6. The summed E-state index contributed by atoms with van der Waals surface area (Å²) in [5, 5.41) is 2.14. The minimum atomic E-state index is 0.867. The van der Waals surface area contributed by atoms with Gasteiger partial charge in [0.15, 0.2) is 0 Å². The lowest BCUT2D eigenvalue weighted by atomic mass is 10.1. The summed E-state index contributed by atoms with van der Waals surface area (Å²) >= 11 is 3.46. The van der Waals surface area contributed by atoms with Crippen molar-refractivity contribution in [1.29, 1.82) is 0 Å². The van der Waals surface area contributed by atoms with Crippen LogP contribution in [0.5, 0.6) is 5.75 Å². The molecular weight excluding hydrogens is 262 g/mol. The highest BCUT2D eigenvalue weighted by molar-refractivity contribution is 7.98. The van der Waals surface area contributed by atoms with Crippen molar-refractivity contribution in [2.75, 3.05) is 19.1 Å². The third-order valence-corrected chi connectivity index (χ3v) is 4.87. The van der Waals surface area contributed by atoms with Crippen LogP contribution >= 0.6 is 23.1 Å². The second kappa shape index (κ2) is 5.67. The molecule has 0 amide bonds. The minimum absolute atomic E-state index is 0.867. The third-order valence-electron chi connectivity index (χ3n) is 2.93. The fourth-order valence-corrected chi connectivity index (χ4v) is 3.42. The van der Waals surface area contributed by atoms with E-state index in [2.05, 4.69) is 30.7 Å². The maximum atomic E-state index is 6.22. The van der Waals surface area contributed by atoms with Gasteiger partial charge < -0.3 is 10.5 Å². The number of hydrogen-bond donors (Lipinski definition) is 1. The SMILES string of the molecule is CCc1scc(-c2cc(OC)ccc2SC)c1N. The van der Waals surface area contributed by atoms with E-state index in [1.54, 1.807) is 30.2 Å². The average Bonchev–Trinajstić information content (AvgIpc) is 2.78. The molecule has 4 heteroatoms. The first-order chi connectivity index (χ1) is 8.71. The van der Waals surface area contributed by atoms with Crippen molar-refractivity contribution >= 4 is 28.8 Å². The number of nitrogen functional groups attached to an aromatic ring is 1. The lowest BCUT2D eigenvalue weighted by Gasteiger charge is -2.09. The van der Waals surface area contributed by atoms with E-state index in [1.165, 1.54) is 9.77 Å². The standard InChI is InChI=1S/C14H17NOS2/c1-4-12-14(15)11(8-18-12)10-7-9(16-2)5-6-13(10)17-3/h5-8H,4,15H2,1-3H3. The van der Waals surface area contributed by atoms with Crippen LogP contribution in [0.2, 0.25) is 0 Å². The van der Waals surface area contributed by atoms with Gasteiger partial charge in [-0.15, -0.1) is 23.1 Å². The monoisotopic (exact) mass is 279 g/mol. The zero-order chi connectivity index (χ0) is 13.1. The molecule has 0 aliphatic rings. The third kappa shape index (κ3) is 2.35. The summed E-state index contributed by atoms with van der Waals surface area (Å²) in [5.41, 5.74) is 9.42. The van der Waals surface area contributed by atoms with Gasteiger partial charge >= 0.3 is 0 Å². The second-order valence-electron chi connectivity index (χ2n) is 3.91. The Hall–Kier alpha value is -1.13. The van der Waals surface area contributed by atoms with Gasteiger partial charge in [0.25, 0.3) is 0 Å².